The van der Waals surface area contributed by atoms with E-state index in [9.17, 15) is 4.39 Å². The minimum absolute atomic E-state index is 0.296. The molecule has 2 aromatic rings. The smallest absolute Gasteiger partial charge is 0.126 e. The van der Waals surface area contributed by atoms with Crippen LogP contribution in [0.25, 0.3) is 11.1 Å². The third-order valence-corrected chi connectivity index (χ3v) is 3.32. The molecular weight excluding hydrogens is 277 g/mol. The van der Waals surface area contributed by atoms with Crippen molar-refractivity contribution in [2.24, 2.45) is 0 Å². The van der Waals surface area contributed by atoms with Gasteiger partial charge in [0.15, 0.2) is 0 Å². The fraction of sp³-hybridized carbons (Fsp3) is 0.250. The molecule has 106 valence electrons. The Kier molecular flexibility index (Phi) is 4.99. The summed E-state index contributed by atoms with van der Waals surface area (Å²) >= 11 is 6.08. The lowest BCUT2D eigenvalue weighted by Crippen LogP contribution is -2.12. The van der Waals surface area contributed by atoms with E-state index >= 15 is 0 Å². The monoisotopic (exact) mass is 293 g/mol. The summed E-state index contributed by atoms with van der Waals surface area (Å²) in [7, 11) is 1.57. The van der Waals surface area contributed by atoms with Gasteiger partial charge in [-0.15, -0.1) is 0 Å². The van der Waals surface area contributed by atoms with Crippen LogP contribution in [0.2, 0.25) is 5.02 Å². The SMILES string of the molecule is CCNCc1ccc(Cl)cc1-c1cc(F)ccc1OC. The average molecular weight is 294 g/mol. The van der Waals surface area contributed by atoms with Crippen molar-refractivity contribution < 1.29 is 9.13 Å². The van der Waals surface area contributed by atoms with Gasteiger partial charge in [0, 0.05) is 17.1 Å². The van der Waals surface area contributed by atoms with Crippen molar-refractivity contribution in [2.75, 3.05) is 13.7 Å². The van der Waals surface area contributed by atoms with E-state index in [1.807, 2.05) is 25.1 Å². The van der Waals surface area contributed by atoms with E-state index in [0.29, 0.717) is 22.9 Å². The number of hydrogen-bond donors (Lipinski definition) is 1. The van der Waals surface area contributed by atoms with Gasteiger partial charge in [0.2, 0.25) is 0 Å². The van der Waals surface area contributed by atoms with E-state index < -0.39 is 0 Å². The second kappa shape index (κ2) is 6.73. The Morgan fingerprint density at radius 2 is 1.95 bits per heavy atom. The lowest BCUT2D eigenvalue weighted by Gasteiger charge is -2.14. The molecule has 0 saturated heterocycles. The van der Waals surface area contributed by atoms with Crippen LogP contribution in [0, 0.1) is 5.82 Å². The van der Waals surface area contributed by atoms with Crippen molar-refractivity contribution in [3.63, 3.8) is 0 Å². The normalized spacial score (nSPS) is 10.6. The number of methoxy groups -OCH3 is 1. The fourth-order valence-corrected chi connectivity index (χ4v) is 2.28. The van der Waals surface area contributed by atoms with Gasteiger partial charge >= 0.3 is 0 Å². The molecule has 1 N–H and O–H groups in total. The topological polar surface area (TPSA) is 21.3 Å². The molecule has 20 heavy (non-hydrogen) atoms. The van der Waals surface area contributed by atoms with Crippen LogP contribution >= 0.6 is 11.6 Å². The first-order valence-corrected chi connectivity index (χ1v) is 6.86. The fourth-order valence-electron chi connectivity index (χ4n) is 2.10. The molecule has 0 fully saturated rings. The minimum Gasteiger partial charge on any atom is -0.496 e. The van der Waals surface area contributed by atoms with Crippen LogP contribution in [0.3, 0.4) is 0 Å². The predicted octanol–water partition coefficient (Wildman–Crippen LogP) is 4.26. The van der Waals surface area contributed by atoms with Crippen molar-refractivity contribution in [1.82, 2.24) is 5.32 Å². The summed E-state index contributed by atoms with van der Waals surface area (Å²) in [6, 6.07) is 10.1. The Labute approximate surface area is 123 Å². The molecule has 2 nitrogen and oxygen atoms in total. The third kappa shape index (κ3) is 3.30. The Morgan fingerprint density at radius 1 is 1.15 bits per heavy atom. The number of rotatable bonds is 5. The van der Waals surface area contributed by atoms with E-state index in [2.05, 4.69) is 5.32 Å². The average Bonchev–Trinajstić information content (AvgIpc) is 2.46. The van der Waals surface area contributed by atoms with Crippen molar-refractivity contribution in [1.29, 1.82) is 0 Å². The van der Waals surface area contributed by atoms with Crippen LogP contribution < -0.4 is 10.1 Å². The summed E-state index contributed by atoms with van der Waals surface area (Å²) in [5.74, 6) is 0.335. The largest absolute Gasteiger partial charge is 0.496 e. The molecule has 0 heterocycles. The van der Waals surface area contributed by atoms with Crippen LogP contribution in [-0.4, -0.2) is 13.7 Å². The second-order valence-electron chi connectivity index (χ2n) is 4.43. The molecule has 0 aliphatic carbocycles. The Balaban J connectivity index is 2.55. The van der Waals surface area contributed by atoms with E-state index in [-0.39, 0.29) is 5.82 Å². The first-order chi connectivity index (χ1) is 9.65. The number of nitrogens with one attached hydrogen (secondary N) is 1. The van der Waals surface area contributed by atoms with E-state index in [1.54, 1.807) is 13.2 Å². The van der Waals surface area contributed by atoms with Crippen molar-refractivity contribution >= 4 is 11.6 Å². The molecule has 0 aliphatic rings. The highest BCUT2D eigenvalue weighted by Gasteiger charge is 2.12. The molecule has 0 saturated carbocycles. The first kappa shape index (κ1) is 14.8. The quantitative estimate of drug-likeness (QED) is 0.889. The molecular formula is C16H17ClFNO. The number of ether oxygens (including phenoxy) is 1. The Hall–Kier alpha value is -1.58. The minimum atomic E-state index is -0.296. The number of hydrogen-bond acceptors (Lipinski definition) is 2. The van der Waals surface area contributed by atoms with Crippen LogP contribution in [0.1, 0.15) is 12.5 Å². The number of benzene rings is 2. The lowest BCUT2D eigenvalue weighted by molar-refractivity contribution is 0.415. The zero-order chi connectivity index (χ0) is 14.5. The summed E-state index contributed by atoms with van der Waals surface area (Å²) in [4.78, 5) is 0. The van der Waals surface area contributed by atoms with Crippen LogP contribution in [0.4, 0.5) is 4.39 Å². The van der Waals surface area contributed by atoms with Gasteiger partial charge in [0.05, 0.1) is 7.11 Å². The standard InChI is InChI=1S/C16H17ClFNO/c1-3-19-10-11-4-5-12(17)8-14(11)15-9-13(18)6-7-16(15)20-2/h4-9,19H,3,10H2,1-2H3. The second-order valence-corrected chi connectivity index (χ2v) is 4.86. The van der Waals surface area contributed by atoms with Crippen molar-refractivity contribution in [2.45, 2.75) is 13.5 Å². The zero-order valence-corrected chi connectivity index (χ0v) is 12.3. The van der Waals surface area contributed by atoms with Crippen LogP contribution in [-0.2, 0) is 6.54 Å². The maximum Gasteiger partial charge on any atom is 0.126 e. The molecule has 0 radical (unpaired) electrons. The summed E-state index contributed by atoms with van der Waals surface area (Å²) < 4.78 is 18.9. The summed E-state index contributed by atoms with van der Waals surface area (Å²) in [6.45, 7) is 3.60. The molecule has 0 atom stereocenters. The molecule has 0 unspecified atom stereocenters. The number of halogens is 2. The molecule has 0 aromatic heterocycles. The van der Waals surface area contributed by atoms with E-state index in [0.717, 1.165) is 17.7 Å². The maximum absolute atomic E-state index is 13.5. The molecule has 2 aromatic carbocycles. The molecule has 0 bridgehead atoms. The maximum atomic E-state index is 13.5. The highest BCUT2D eigenvalue weighted by molar-refractivity contribution is 6.30. The molecule has 0 aliphatic heterocycles. The molecule has 0 spiro atoms. The highest BCUT2D eigenvalue weighted by atomic mass is 35.5. The molecule has 0 amide bonds. The van der Waals surface area contributed by atoms with Gasteiger partial charge in [0.25, 0.3) is 0 Å². The van der Waals surface area contributed by atoms with Crippen LogP contribution in [0.5, 0.6) is 5.75 Å². The third-order valence-electron chi connectivity index (χ3n) is 3.09. The predicted molar refractivity (Wildman–Crippen MR) is 80.8 cm³/mol. The molecule has 4 heteroatoms. The van der Waals surface area contributed by atoms with Gasteiger partial charge < -0.3 is 10.1 Å². The van der Waals surface area contributed by atoms with Gasteiger partial charge in [-0.05, 0) is 48.0 Å². The lowest BCUT2D eigenvalue weighted by atomic mass is 9.98. The van der Waals surface area contributed by atoms with Crippen LogP contribution in [0.15, 0.2) is 36.4 Å². The van der Waals surface area contributed by atoms with Gasteiger partial charge in [0.1, 0.15) is 11.6 Å². The van der Waals surface area contributed by atoms with Gasteiger partial charge in [-0.2, -0.15) is 0 Å². The summed E-state index contributed by atoms with van der Waals surface area (Å²) in [6.07, 6.45) is 0. The Morgan fingerprint density at radius 3 is 2.65 bits per heavy atom. The van der Waals surface area contributed by atoms with Gasteiger partial charge in [-0.25, -0.2) is 4.39 Å². The zero-order valence-electron chi connectivity index (χ0n) is 11.5. The summed E-state index contributed by atoms with van der Waals surface area (Å²) in [5.41, 5.74) is 2.65. The highest BCUT2D eigenvalue weighted by Crippen LogP contribution is 2.34. The summed E-state index contributed by atoms with van der Waals surface area (Å²) in [5, 5.41) is 3.89. The first-order valence-electron chi connectivity index (χ1n) is 6.48. The van der Waals surface area contributed by atoms with Crippen molar-refractivity contribution in [3.8, 4) is 16.9 Å². The van der Waals surface area contributed by atoms with E-state index in [4.69, 9.17) is 16.3 Å². The van der Waals surface area contributed by atoms with Crippen molar-refractivity contribution in [3.05, 3.63) is 52.8 Å². The van der Waals surface area contributed by atoms with Gasteiger partial charge in [-0.1, -0.05) is 24.6 Å². The Bertz CT molecular complexity index is 601. The van der Waals surface area contributed by atoms with Gasteiger partial charge in [-0.3, -0.25) is 0 Å². The molecule has 2 rings (SSSR count). The van der Waals surface area contributed by atoms with E-state index in [1.165, 1.54) is 12.1 Å².